The maximum Gasteiger partial charge on any atom is 0.334 e. The molecule has 0 saturated carbocycles. The summed E-state index contributed by atoms with van der Waals surface area (Å²) in [5.74, 6) is 0. The van der Waals surface area contributed by atoms with Gasteiger partial charge in [-0.1, -0.05) is 44.2 Å². The van der Waals surface area contributed by atoms with E-state index in [-0.39, 0.29) is 5.69 Å². The Balaban J connectivity index is 0.000000704. The van der Waals surface area contributed by atoms with Crippen LogP contribution in [0.15, 0.2) is 53.6 Å². The number of aryl methyl sites for hydroxylation is 1. The summed E-state index contributed by atoms with van der Waals surface area (Å²) in [5, 5.41) is 0. The minimum Gasteiger partial charge on any atom is -0.296 e. The normalized spacial score (nSPS) is 10.2. The molecule has 0 N–H and O–H groups in total. The van der Waals surface area contributed by atoms with Gasteiger partial charge < -0.3 is 0 Å². The molecule has 0 bridgehead atoms. The average molecular weight is 269 g/mol. The van der Waals surface area contributed by atoms with Crippen LogP contribution >= 0.6 is 0 Å². The van der Waals surface area contributed by atoms with Crippen LogP contribution in [-0.4, -0.2) is 14.0 Å². The molecule has 3 rings (SSSR count). The SMILES string of the molecule is CC.Cc1cnc2ccn(Cc3ccccc3)c(=O)n12. The Kier molecular flexibility index (Phi) is 4.35. The van der Waals surface area contributed by atoms with E-state index in [1.165, 1.54) is 0 Å². The van der Waals surface area contributed by atoms with Gasteiger partial charge in [0.2, 0.25) is 0 Å². The van der Waals surface area contributed by atoms with Gasteiger partial charge in [0.05, 0.1) is 6.54 Å². The summed E-state index contributed by atoms with van der Waals surface area (Å²) in [5.41, 5.74) is 2.61. The van der Waals surface area contributed by atoms with Gasteiger partial charge in [0.1, 0.15) is 5.65 Å². The van der Waals surface area contributed by atoms with Crippen LogP contribution in [0.25, 0.3) is 5.65 Å². The van der Waals surface area contributed by atoms with Crippen LogP contribution in [0.2, 0.25) is 0 Å². The molecular formula is C16H19N3O. The number of fused-ring (bicyclic) bond motifs is 1. The maximum atomic E-state index is 12.3. The highest BCUT2D eigenvalue weighted by Crippen LogP contribution is 2.04. The molecule has 2 heterocycles. The monoisotopic (exact) mass is 269 g/mol. The zero-order valence-corrected chi connectivity index (χ0v) is 12.1. The van der Waals surface area contributed by atoms with E-state index in [0.717, 1.165) is 11.3 Å². The van der Waals surface area contributed by atoms with Gasteiger partial charge in [0.25, 0.3) is 0 Å². The van der Waals surface area contributed by atoms with Crippen LogP contribution in [0, 0.1) is 6.92 Å². The summed E-state index contributed by atoms with van der Waals surface area (Å²) in [6, 6.07) is 11.8. The van der Waals surface area contributed by atoms with Gasteiger partial charge in [-0.3, -0.25) is 4.57 Å². The third kappa shape index (κ3) is 2.64. The van der Waals surface area contributed by atoms with Crippen molar-refractivity contribution in [2.45, 2.75) is 27.3 Å². The Labute approximate surface area is 118 Å². The maximum absolute atomic E-state index is 12.3. The molecule has 0 amide bonds. The zero-order chi connectivity index (χ0) is 14.5. The Morgan fingerprint density at radius 1 is 1.10 bits per heavy atom. The molecule has 0 aliphatic carbocycles. The highest BCUT2D eigenvalue weighted by Gasteiger charge is 2.05. The molecule has 0 unspecified atom stereocenters. The lowest BCUT2D eigenvalue weighted by molar-refractivity contribution is 0.709. The number of rotatable bonds is 2. The number of hydrogen-bond acceptors (Lipinski definition) is 2. The lowest BCUT2D eigenvalue weighted by Crippen LogP contribution is -2.26. The van der Waals surface area contributed by atoms with E-state index < -0.39 is 0 Å². The van der Waals surface area contributed by atoms with Crippen molar-refractivity contribution < 1.29 is 0 Å². The van der Waals surface area contributed by atoms with Crippen LogP contribution in [0.1, 0.15) is 25.1 Å². The van der Waals surface area contributed by atoms with Gasteiger partial charge in [-0.2, -0.15) is 0 Å². The van der Waals surface area contributed by atoms with Crippen molar-refractivity contribution in [2.24, 2.45) is 0 Å². The van der Waals surface area contributed by atoms with Crippen molar-refractivity contribution in [3.8, 4) is 0 Å². The van der Waals surface area contributed by atoms with Gasteiger partial charge in [-0.15, -0.1) is 0 Å². The van der Waals surface area contributed by atoms with E-state index in [1.54, 1.807) is 21.4 Å². The Hall–Kier alpha value is -2.36. The van der Waals surface area contributed by atoms with Gasteiger partial charge >= 0.3 is 5.69 Å². The highest BCUT2D eigenvalue weighted by atomic mass is 16.1. The van der Waals surface area contributed by atoms with Crippen LogP contribution in [-0.2, 0) is 6.54 Å². The molecule has 0 aliphatic heterocycles. The van der Waals surface area contributed by atoms with E-state index in [2.05, 4.69) is 4.98 Å². The van der Waals surface area contributed by atoms with Crippen molar-refractivity contribution in [1.82, 2.24) is 14.0 Å². The van der Waals surface area contributed by atoms with Gasteiger partial charge in [0.15, 0.2) is 0 Å². The summed E-state index contributed by atoms with van der Waals surface area (Å²) >= 11 is 0. The molecule has 0 atom stereocenters. The van der Waals surface area contributed by atoms with Crippen molar-refractivity contribution in [1.29, 1.82) is 0 Å². The minimum atomic E-state index is -0.0497. The first-order valence-corrected chi connectivity index (χ1v) is 6.83. The van der Waals surface area contributed by atoms with Crippen molar-refractivity contribution >= 4 is 5.65 Å². The number of imidazole rings is 1. The molecule has 1 aromatic carbocycles. The average Bonchev–Trinajstić information content (AvgIpc) is 2.87. The molecule has 3 aromatic rings. The van der Waals surface area contributed by atoms with Crippen LogP contribution in [0.5, 0.6) is 0 Å². The van der Waals surface area contributed by atoms with E-state index in [9.17, 15) is 4.79 Å². The first-order valence-electron chi connectivity index (χ1n) is 6.83. The Morgan fingerprint density at radius 2 is 1.80 bits per heavy atom. The Bertz CT molecular complexity index is 741. The third-order valence-electron chi connectivity index (χ3n) is 3.00. The van der Waals surface area contributed by atoms with Crippen molar-refractivity contribution in [3.05, 3.63) is 70.5 Å². The van der Waals surface area contributed by atoms with Crippen LogP contribution < -0.4 is 5.69 Å². The lowest BCUT2D eigenvalue weighted by atomic mass is 10.2. The number of nitrogens with zero attached hydrogens (tertiary/aromatic N) is 3. The van der Waals surface area contributed by atoms with E-state index in [4.69, 9.17) is 0 Å². The molecule has 104 valence electrons. The predicted octanol–water partition coefficient (Wildman–Crippen LogP) is 2.88. The largest absolute Gasteiger partial charge is 0.334 e. The van der Waals surface area contributed by atoms with E-state index in [1.807, 2.05) is 57.2 Å². The lowest BCUT2D eigenvalue weighted by Gasteiger charge is -2.06. The summed E-state index contributed by atoms with van der Waals surface area (Å²) in [6.07, 6.45) is 3.50. The van der Waals surface area contributed by atoms with Crippen molar-refractivity contribution in [3.63, 3.8) is 0 Å². The number of hydrogen-bond donors (Lipinski definition) is 0. The molecule has 4 nitrogen and oxygen atoms in total. The molecule has 4 heteroatoms. The molecular weight excluding hydrogens is 250 g/mol. The summed E-state index contributed by atoms with van der Waals surface area (Å²) < 4.78 is 3.32. The quantitative estimate of drug-likeness (QED) is 0.717. The fourth-order valence-electron chi connectivity index (χ4n) is 2.07. The standard InChI is InChI=1S/C14H13N3O.C2H6/c1-11-9-15-13-7-8-16(14(18)17(11)13)10-12-5-3-2-4-6-12;1-2/h2-9H,10H2,1H3;1-2H3. The second kappa shape index (κ2) is 6.19. The number of aromatic nitrogens is 3. The van der Waals surface area contributed by atoms with Gasteiger partial charge in [-0.25, -0.2) is 14.2 Å². The first-order chi connectivity index (χ1) is 9.75. The molecule has 0 radical (unpaired) electrons. The first kappa shape index (κ1) is 14.1. The molecule has 0 spiro atoms. The van der Waals surface area contributed by atoms with E-state index >= 15 is 0 Å². The molecule has 2 aromatic heterocycles. The third-order valence-corrected chi connectivity index (χ3v) is 3.00. The zero-order valence-electron chi connectivity index (χ0n) is 12.1. The molecule has 20 heavy (non-hydrogen) atoms. The van der Waals surface area contributed by atoms with Crippen LogP contribution in [0.4, 0.5) is 0 Å². The summed E-state index contributed by atoms with van der Waals surface area (Å²) in [7, 11) is 0. The summed E-state index contributed by atoms with van der Waals surface area (Å²) in [6.45, 7) is 6.46. The topological polar surface area (TPSA) is 39.3 Å². The van der Waals surface area contributed by atoms with Crippen molar-refractivity contribution in [2.75, 3.05) is 0 Å². The fraction of sp³-hybridized carbons (Fsp3) is 0.250. The Morgan fingerprint density at radius 3 is 2.50 bits per heavy atom. The molecule has 0 saturated heterocycles. The minimum absolute atomic E-state index is 0.0497. The molecule has 0 aliphatic rings. The smallest absolute Gasteiger partial charge is 0.296 e. The highest BCUT2D eigenvalue weighted by molar-refractivity contribution is 5.38. The van der Waals surface area contributed by atoms with Gasteiger partial charge in [-0.05, 0) is 18.6 Å². The molecule has 0 fully saturated rings. The summed E-state index contributed by atoms with van der Waals surface area (Å²) in [4.78, 5) is 16.5. The second-order valence-electron chi connectivity index (χ2n) is 4.31. The second-order valence-corrected chi connectivity index (χ2v) is 4.31. The van der Waals surface area contributed by atoms with Crippen LogP contribution in [0.3, 0.4) is 0 Å². The fourth-order valence-corrected chi connectivity index (χ4v) is 2.07. The van der Waals surface area contributed by atoms with Gasteiger partial charge in [0, 0.05) is 18.1 Å². The van der Waals surface area contributed by atoms with E-state index in [0.29, 0.717) is 12.2 Å². The number of benzene rings is 1. The predicted molar refractivity (Wildman–Crippen MR) is 81.1 cm³/mol.